The maximum Gasteiger partial charge on any atom is 0.264 e. The van der Waals surface area contributed by atoms with Crippen LogP contribution in [0, 0.1) is 6.92 Å². The van der Waals surface area contributed by atoms with Crippen molar-refractivity contribution in [2.24, 2.45) is 0 Å². The Morgan fingerprint density at radius 3 is 1.95 bits per heavy atom. The number of carbonyl (C=O) groups excluding carboxylic acids is 1. The van der Waals surface area contributed by atoms with Crippen molar-refractivity contribution in [2.45, 2.75) is 16.7 Å². The molecule has 196 valence electrons. The van der Waals surface area contributed by atoms with E-state index in [1.54, 1.807) is 54.6 Å². The van der Waals surface area contributed by atoms with Crippen molar-refractivity contribution in [1.82, 2.24) is 0 Å². The molecule has 4 aromatic rings. The molecule has 11 heteroatoms. The van der Waals surface area contributed by atoms with Crippen molar-refractivity contribution in [3.05, 3.63) is 114 Å². The summed E-state index contributed by atoms with van der Waals surface area (Å²) in [6, 6.07) is 26.6. The Morgan fingerprint density at radius 2 is 1.32 bits per heavy atom. The molecule has 0 atom stereocenters. The van der Waals surface area contributed by atoms with Gasteiger partial charge in [-0.05, 0) is 67.6 Å². The average Bonchev–Trinajstić information content (AvgIpc) is 2.89. The molecule has 4 aromatic carbocycles. The Labute approximate surface area is 227 Å². The highest BCUT2D eigenvalue weighted by Crippen LogP contribution is 2.30. The lowest BCUT2D eigenvalue weighted by Gasteiger charge is -2.25. The fraction of sp³-hybridized carbons (Fsp3) is 0.0741. The third-order valence-electron chi connectivity index (χ3n) is 5.49. The van der Waals surface area contributed by atoms with Crippen molar-refractivity contribution < 1.29 is 21.6 Å². The topological polar surface area (TPSA) is 113 Å². The molecule has 8 nitrogen and oxygen atoms in total. The number of halogens is 1. The maximum atomic E-state index is 13.5. The Balaban J connectivity index is 1.54. The summed E-state index contributed by atoms with van der Waals surface area (Å²) in [7, 11) is -7.97. The summed E-state index contributed by atoms with van der Waals surface area (Å²) in [6.45, 7) is 1.28. The van der Waals surface area contributed by atoms with Gasteiger partial charge in [0, 0.05) is 11.4 Å². The monoisotopic (exact) mass is 569 g/mol. The molecule has 0 saturated heterocycles. The lowest BCUT2D eigenvalue weighted by molar-refractivity contribution is -0.114. The van der Waals surface area contributed by atoms with Crippen molar-refractivity contribution >= 4 is 54.6 Å². The lowest BCUT2D eigenvalue weighted by atomic mass is 10.2. The van der Waals surface area contributed by atoms with Crippen LogP contribution in [-0.4, -0.2) is 29.3 Å². The highest BCUT2D eigenvalue weighted by Gasteiger charge is 2.28. The SMILES string of the molecule is Cc1ccc(S(=O)(=O)N(CC(=O)Nc2ccc(S(=O)(=O)Nc3ccccc3)cc2)c2ccccc2Cl)cc1. The van der Waals surface area contributed by atoms with Crippen LogP contribution in [0.5, 0.6) is 0 Å². The fourth-order valence-electron chi connectivity index (χ4n) is 3.56. The summed E-state index contributed by atoms with van der Waals surface area (Å²) in [5.41, 5.74) is 1.74. The van der Waals surface area contributed by atoms with E-state index >= 15 is 0 Å². The average molecular weight is 570 g/mol. The van der Waals surface area contributed by atoms with Crippen LogP contribution in [0.4, 0.5) is 17.1 Å². The van der Waals surface area contributed by atoms with Gasteiger partial charge in [-0.2, -0.15) is 0 Å². The van der Waals surface area contributed by atoms with Crippen LogP contribution in [0.3, 0.4) is 0 Å². The van der Waals surface area contributed by atoms with Gasteiger partial charge in [-0.3, -0.25) is 13.8 Å². The van der Waals surface area contributed by atoms with E-state index < -0.39 is 32.5 Å². The smallest absolute Gasteiger partial charge is 0.264 e. The van der Waals surface area contributed by atoms with E-state index in [2.05, 4.69) is 10.0 Å². The van der Waals surface area contributed by atoms with Crippen LogP contribution in [0.15, 0.2) is 113 Å². The molecule has 0 saturated carbocycles. The molecule has 0 spiro atoms. The van der Waals surface area contributed by atoms with Crippen LogP contribution in [-0.2, 0) is 24.8 Å². The zero-order chi connectivity index (χ0) is 27.3. The van der Waals surface area contributed by atoms with Gasteiger partial charge < -0.3 is 5.32 Å². The van der Waals surface area contributed by atoms with E-state index in [9.17, 15) is 21.6 Å². The minimum absolute atomic E-state index is 0.000931. The standard InChI is InChI=1S/C27H24ClN3O5S2/c1-20-11-15-24(16-12-20)38(35,36)31(26-10-6-5-9-25(26)28)19-27(32)29-21-13-17-23(18-14-21)37(33,34)30-22-7-3-2-4-8-22/h2-18,30H,19H2,1H3,(H,29,32). The maximum absolute atomic E-state index is 13.5. The second-order valence-electron chi connectivity index (χ2n) is 8.32. The van der Waals surface area contributed by atoms with Gasteiger partial charge in [0.2, 0.25) is 5.91 Å². The number of amides is 1. The predicted molar refractivity (Wildman–Crippen MR) is 149 cm³/mol. The van der Waals surface area contributed by atoms with E-state index in [0.29, 0.717) is 11.4 Å². The van der Waals surface area contributed by atoms with Gasteiger partial charge in [-0.15, -0.1) is 0 Å². The van der Waals surface area contributed by atoms with E-state index in [4.69, 9.17) is 11.6 Å². The number of carbonyl (C=O) groups is 1. The molecule has 2 N–H and O–H groups in total. The molecule has 0 heterocycles. The van der Waals surface area contributed by atoms with Crippen molar-refractivity contribution in [3.8, 4) is 0 Å². The van der Waals surface area contributed by atoms with Crippen molar-refractivity contribution in [1.29, 1.82) is 0 Å². The van der Waals surface area contributed by atoms with E-state index in [-0.39, 0.29) is 20.5 Å². The van der Waals surface area contributed by atoms with Crippen LogP contribution in [0.25, 0.3) is 0 Å². The Morgan fingerprint density at radius 1 is 0.737 bits per heavy atom. The van der Waals surface area contributed by atoms with E-state index in [1.165, 1.54) is 48.5 Å². The molecule has 0 bridgehead atoms. The third-order valence-corrected chi connectivity index (χ3v) is 8.98. The van der Waals surface area contributed by atoms with Gasteiger partial charge >= 0.3 is 0 Å². The summed E-state index contributed by atoms with van der Waals surface area (Å²) in [4.78, 5) is 13.0. The number of benzene rings is 4. The Hall–Kier alpha value is -3.86. The minimum Gasteiger partial charge on any atom is -0.325 e. The first kappa shape index (κ1) is 27.2. The number of aryl methyl sites for hydroxylation is 1. The number of nitrogens with zero attached hydrogens (tertiary/aromatic N) is 1. The number of nitrogens with one attached hydrogen (secondary N) is 2. The van der Waals surface area contributed by atoms with Gasteiger partial charge in [0.05, 0.1) is 20.5 Å². The Kier molecular flexibility index (Phi) is 8.05. The summed E-state index contributed by atoms with van der Waals surface area (Å²) in [5.74, 6) is -0.640. The van der Waals surface area contributed by atoms with E-state index in [1.807, 2.05) is 6.92 Å². The zero-order valence-corrected chi connectivity index (χ0v) is 22.6. The zero-order valence-electron chi connectivity index (χ0n) is 20.2. The molecule has 1 amide bonds. The number of anilines is 3. The molecule has 0 aliphatic carbocycles. The molecule has 0 radical (unpaired) electrons. The summed E-state index contributed by atoms with van der Waals surface area (Å²) in [6.07, 6.45) is 0. The van der Waals surface area contributed by atoms with Crippen LogP contribution in [0.2, 0.25) is 5.02 Å². The van der Waals surface area contributed by atoms with Crippen LogP contribution < -0.4 is 14.3 Å². The normalized spacial score (nSPS) is 11.5. The van der Waals surface area contributed by atoms with E-state index in [0.717, 1.165) is 9.87 Å². The van der Waals surface area contributed by atoms with Crippen LogP contribution >= 0.6 is 11.6 Å². The second kappa shape index (κ2) is 11.3. The first-order valence-electron chi connectivity index (χ1n) is 11.4. The first-order valence-corrected chi connectivity index (χ1v) is 14.7. The number of para-hydroxylation sites is 2. The fourth-order valence-corrected chi connectivity index (χ4v) is 6.35. The summed E-state index contributed by atoms with van der Waals surface area (Å²) < 4.78 is 55.7. The largest absolute Gasteiger partial charge is 0.325 e. The number of hydrogen-bond acceptors (Lipinski definition) is 5. The summed E-state index contributed by atoms with van der Waals surface area (Å²) >= 11 is 6.30. The number of hydrogen-bond donors (Lipinski definition) is 2. The molecule has 4 rings (SSSR count). The molecular formula is C27H24ClN3O5S2. The highest BCUT2D eigenvalue weighted by molar-refractivity contribution is 7.93. The quantitative estimate of drug-likeness (QED) is 0.285. The minimum atomic E-state index is -4.14. The molecule has 0 aliphatic rings. The van der Waals surface area contributed by atoms with Gasteiger partial charge in [0.15, 0.2) is 0 Å². The van der Waals surface area contributed by atoms with Gasteiger partial charge in [-0.25, -0.2) is 16.8 Å². The number of rotatable bonds is 9. The van der Waals surface area contributed by atoms with Crippen molar-refractivity contribution in [2.75, 3.05) is 20.9 Å². The molecule has 0 aliphatic heterocycles. The van der Waals surface area contributed by atoms with Crippen molar-refractivity contribution in [3.63, 3.8) is 0 Å². The predicted octanol–water partition coefficient (Wildman–Crippen LogP) is 5.28. The second-order valence-corrected chi connectivity index (χ2v) is 12.3. The van der Waals surface area contributed by atoms with Crippen LogP contribution in [0.1, 0.15) is 5.56 Å². The molecule has 38 heavy (non-hydrogen) atoms. The molecule has 0 fully saturated rings. The van der Waals surface area contributed by atoms with Gasteiger partial charge in [0.25, 0.3) is 20.0 Å². The molecular weight excluding hydrogens is 546 g/mol. The first-order chi connectivity index (χ1) is 18.1. The highest BCUT2D eigenvalue weighted by atomic mass is 35.5. The number of sulfonamides is 2. The third kappa shape index (κ3) is 6.34. The molecule has 0 unspecified atom stereocenters. The van der Waals surface area contributed by atoms with Gasteiger partial charge in [0.1, 0.15) is 6.54 Å². The van der Waals surface area contributed by atoms with Gasteiger partial charge in [-0.1, -0.05) is 59.6 Å². The Bertz CT molecular complexity index is 1640. The lowest BCUT2D eigenvalue weighted by Crippen LogP contribution is -2.38. The summed E-state index contributed by atoms with van der Waals surface area (Å²) in [5, 5.41) is 2.78. The molecule has 0 aromatic heterocycles.